The predicted molar refractivity (Wildman–Crippen MR) is 121 cm³/mol. The van der Waals surface area contributed by atoms with Crippen molar-refractivity contribution in [2.75, 3.05) is 10.2 Å². The van der Waals surface area contributed by atoms with Gasteiger partial charge in [0.15, 0.2) is 0 Å². The number of nitrogens with one attached hydrogen (secondary N) is 1. The highest BCUT2D eigenvalue weighted by molar-refractivity contribution is 6.46. The summed E-state index contributed by atoms with van der Waals surface area (Å²) >= 11 is 0. The van der Waals surface area contributed by atoms with Crippen LogP contribution in [0.1, 0.15) is 27.8 Å². The summed E-state index contributed by atoms with van der Waals surface area (Å²) in [6, 6.07) is 13.9. The van der Waals surface area contributed by atoms with Gasteiger partial charge in [0.05, 0.1) is 11.3 Å². The summed E-state index contributed by atoms with van der Waals surface area (Å²) in [6.07, 6.45) is 0. The van der Waals surface area contributed by atoms with Crippen LogP contribution in [0.2, 0.25) is 0 Å². The van der Waals surface area contributed by atoms with E-state index in [0.29, 0.717) is 16.2 Å². The maximum atomic E-state index is 14.5. The summed E-state index contributed by atoms with van der Waals surface area (Å²) in [4.78, 5) is 27.6. The molecular weight excluding hydrogens is 410 g/mol. The smallest absolute Gasteiger partial charge is 0.282 e. The fraction of sp³-hybridized carbons (Fsp3) is 0.154. The number of anilines is 2. The van der Waals surface area contributed by atoms with Gasteiger partial charge < -0.3 is 5.32 Å². The van der Waals surface area contributed by atoms with Gasteiger partial charge in [-0.05, 0) is 74.2 Å². The Morgan fingerprint density at radius 1 is 0.750 bits per heavy atom. The average molecular weight is 432 g/mol. The predicted octanol–water partition coefficient (Wildman–Crippen LogP) is 5.60. The first-order valence-electron chi connectivity index (χ1n) is 10.2. The molecule has 32 heavy (non-hydrogen) atoms. The van der Waals surface area contributed by atoms with Gasteiger partial charge in [-0.15, -0.1) is 0 Å². The number of nitrogens with zero attached hydrogens (tertiary/aromatic N) is 1. The molecule has 0 atom stereocenters. The fourth-order valence-electron chi connectivity index (χ4n) is 4.06. The van der Waals surface area contributed by atoms with E-state index in [1.165, 1.54) is 0 Å². The number of carbonyl (C=O) groups excluding carboxylic acids is 2. The fourth-order valence-corrected chi connectivity index (χ4v) is 4.06. The first kappa shape index (κ1) is 21.4. The Kier molecular flexibility index (Phi) is 5.38. The highest BCUT2D eigenvalue weighted by atomic mass is 19.1. The minimum atomic E-state index is -0.860. The molecule has 0 saturated heterocycles. The van der Waals surface area contributed by atoms with Crippen LogP contribution in [0, 0.1) is 39.3 Å². The van der Waals surface area contributed by atoms with Crippen LogP contribution in [0.25, 0.3) is 5.57 Å². The normalized spacial score (nSPS) is 13.9. The molecule has 0 unspecified atom stereocenters. The lowest BCUT2D eigenvalue weighted by Crippen LogP contribution is -2.33. The Morgan fingerprint density at radius 2 is 1.44 bits per heavy atom. The monoisotopic (exact) mass is 432 g/mol. The second-order valence-electron chi connectivity index (χ2n) is 8.11. The third kappa shape index (κ3) is 3.80. The van der Waals surface area contributed by atoms with Gasteiger partial charge in [-0.2, -0.15) is 0 Å². The molecule has 0 bridgehead atoms. The molecule has 0 spiro atoms. The van der Waals surface area contributed by atoms with Crippen molar-refractivity contribution in [2.45, 2.75) is 27.7 Å². The van der Waals surface area contributed by atoms with E-state index < -0.39 is 29.1 Å². The summed E-state index contributed by atoms with van der Waals surface area (Å²) in [5.74, 6) is -3.06. The van der Waals surface area contributed by atoms with Crippen molar-refractivity contribution in [2.24, 2.45) is 0 Å². The number of hydrogen-bond acceptors (Lipinski definition) is 3. The molecule has 2 amide bonds. The van der Waals surface area contributed by atoms with Crippen LogP contribution in [0.5, 0.6) is 0 Å². The average Bonchev–Trinajstić information content (AvgIpc) is 2.93. The molecular formula is C26H22F2N2O2. The van der Waals surface area contributed by atoms with E-state index in [1.54, 1.807) is 6.07 Å². The molecule has 1 N–H and O–H groups in total. The highest BCUT2D eigenvalue weighted by Gasteiger charge is 2.42. The third-order valence-corrected chi connectivity index (χ3v) is 5.38. The van der Waals surface area contributed by atoms with Gasteiger partial charge in [0, 0.05) is 11.8 Å². The Labute approximate surface area is 185 Å². The number of carbonyl (C=O) groups is 2. The molecule has 0 aromatic heterocycles. The van der Waals surface area contributed by atoms with E-state index in [-0.39, 0.29) is 11.3 Å². The van der Waals surface area contributed by atoms with E-state index >= 15 is 0 Å². The number of imide groups is 1. The van der Waals surface area contributed by atoms with Crippen LogP contribution in [0.4, 0.5) is 20.2 Å². The molecule has 0 aliphatic carbocycles. The summed E-state index contributed by atoms with van der Waals surface area (Å²) < 4.78 is 28.4. The van der Waals surface area contributed by atoms with Crippen LogP contribution in [0.15, 0.2) is 60.3 Å². The van der Waals surface area contributed by atoms with Crippen LogP contribution >= 0.6 is 0 Å². The second kappa shape index (κ2) is 8.04. The number of aryl methyl sites for hydroxylation is 4. The van der Waals surface area contributed by atoms with Gasteiger partial charge >= 0.3 is 0 Å². The summed E-state index contributed by atoms with van der Waals surface area (Å²) in [5.41, 5.74) is 4.66. The first-order valence-corrected chi connectivity index (χ1v) is 10.2. The SMILES string of the molecule is Cc1cc(C)cc(NC2=C(c3ccc(C)cc3C)C(=O)N(c3cc(F)ccc3F)C2=O)c1. The number of benzene rings is 3. The van der Waals surface area contributed by atoms with Gasteiger partial charge in [-0.1, -0.05) is 29.8 Å². The molecule has 1 aliphatic rings. The maximum Gasteiger partial charge on any atom is 0.282 e. The van der Waals surface area contributed by atoms with E-state index in [2.05, 4.69) is 5.32 Å². The Morgan fingerprint density at radius 3 is 2.09 bits per heavy atom. The molecule has 1 aliphatic heterocycles. The zero-order chi connectivity index (χ0) is 23.2. The molecule has 4 rings (SSSR count). The Bertz CT molecular complexity index is 1290. The van der Waals surface area contributed by atoms with Crippen molar-refractivity contribution in [3.63, 3.8) is 0 Å². The Hall–Kier alpha value is -3.80. The molecule has 4 nitrogen and oxygen atoms in total. The van der Waals surface area contributed by atoms with Crippen molar-refractivity contribution in [1.29, 1.82) is 0 Å². The summed E-state index contributed by atoms with van der Waals surface area (Å²) in [7, 11) is 0. The van der Waals surface area contributed by atoms with Crippen molar-refractivity contribution in [1.82, 2.24) is 0 Å². The van der Waals surface area contributed by atoms with Crippen molar-refractivity contribution in [3.8, 4) is 0 Å². The molecule has 162 valence electrons. The standard InChI is InChI=1S/C26H22F2N2O2/c1-14-5-7-20(17(4)10-14)23-24(29-19-11-15(2)9-16(3)12-19)26(32)30(25(23)31)22-13-18(27)6-8-21(22)28/h5-13,29H,1-4H3. The van der Waals surface area contributed by atoms with Gasteiger partial charge in [0.1, 0.15) is 17.3 Å². The number of amides is 2. The highest BCUT2D eigenvalue weighted by Crippen LogP contribution is 2.36. The van der Waals surface area contributed by atoms with Gasteiger partial charge in [0.2, 0.25) is 0 Å². The number of hydrogen-bond donors (Lipinski definition) is 1. The zero-order valence-corrected chi connectivity index (χ0v) is 18.2. The lowest BCUT2D eigenvalue weighted by atomic mass is 9.97. The quantitative estimate of drug-likeness (QED) is 0.547. The van der Waals surface area contributed by atoms with E-state index in [4.69, 9.17) is 0 Å². The molecule has 3 aromatic carbocycles. The van der Waals surface area contributed by atoms with Crippen molar-refractivity contribution < 1.29 is 18.4 Å². The van der Waals surface area contributed by atoms with Crippen LogP contribution in [-0.4, -0.2) is 11.8 Å². The second-order valence-corrected chi connectivity index (χ2v) is 8.11. The van der Waals surface area contributed by atoms with Gasteiger partial charge in [-0.25, -0.2) is 13.7 Å². The molecule has 0 saturated carbocycles. The van der Waals surface area contributed by atoms with Crippen LogP contribution in [-0.2, 0) is 9.59 Å². The topological polar surface area (TPSA) is 49.4 Å². The van der Waals surface area contributed by atoms with E-state index in [0.717, 1.165) is 40.5 Å². The molecule has 1 heterocycles. The molecule has 0 fully saturated rings. The summed E-state index contributed by atoms with van der Waals surface area (Å²) in [6.45, 7) is 7.62. The van der Waals surface area contributed by atoms with E-state index in [9.17, 15) is 18.4 Å². The number of halogens is 2. The third-order valence-electron chi connectivity index (χ3n) is 5.38. The molecule has 3 aromatic rings. The van der Waals surface area contributed by atoms with Crippen molar-refractivity contribution >= 4 is 28.8 Å². The molecule has 0 radical (unpaired) electrons. The molecule has 6 heteroatoms. The largest absolute Gasteiger partial charge is 0.350 e. The summed E-state index contributed by atoms with van der Waals surface area (Å²) in [5, 5.41) is 3.08. The number of rotatable bonds is 4. The van der Waals surface area contributed by atoms with Gasteiger partial charge in [-0.3, -0.25) is 9.59 Å². The van der Waals surface area contributed by atoms with Crippen LogP contribution in [0.3, 0.4) is 0 Å². The lowest BCUT2D eigenvalue weighted by Gasteiger charge is -2.16. The van der Waals surface area contributed by atoms with Crippen molar-refractivity contribution in [3.05, 3.63) is 99.7 Å². The first-order chi connectivity index (χ1) is 15.2. The maximum absolute atomic E-state index is 14.5. The van der Waals surface area contributed by atoms with E-state index in [1.807, 2.05) is 58.0 Å². The minimum absolute atomic E-state index is 0.0237. The lowest BCUT2D eigenvalue weighted by molar-refractivity contribution is -0.120. The van der Waals surface area contributed by atoms with Gasteiger partial charge in [0.25, 0.3) is 11.8 Å². The Balaban J connectivity index is 1.90. The zero-order valence-electron chi connectivity index (χ0n) is 18.2. The van der Waals surface area contributed by atoms with Crippen LogP contribution < -0.4 is 10.2 Å². The minimum Gasteiger partial charge on any atom is -0.350 e.